The maximum atomic E-state index is 12.8. The Balaban J connectivity index is 2.25. The summed E-state index contributed by atoms with van der Waals surface area (Å²) in [4.78, 5) is 12.8. The monoisotopic (exact) mass is 436 g/mol. The summed E-state index contributed by atoms with van der Waals surface area (Å²) in [6.45, 7) is 3.57. The van der Waals surface area contributed by atoms with Crippen molar-refractivity contribution in [3.05, 3.63) is 47.5 Å². The molecule has 2 aromatic rings. The molecule has 0 aliphatic heterocycles. The summed E-state index contributed by atoms with van der Waals surface area (Å²) in [5.41, 5.74) is 2.08. The Labute approximate surface area is 177 Å². The third-order valence-electron chi connectivity index (χ3n) is 4.62. The van der Waals surface area contributed by atoms with Crippen LogP contribution in [0.1, 0.15) is 18.1 Å². The maximum absolute atomic E-state index is 12.8. The van der Waals surface area contributed by atoms with Gasteiger partial charge in [0.25, 0.3) is 0 Å². The average Bonchev–Trinajstić information content (AvgIpc) is 2.71. The highest BCUT2D eigenvalue weighted by Gasteiger charge is 2.29. The van der Waals surface area contributed by atoms with Gasteiger partial charge in [-0.05, 0) is 38.1 Å². The molecular formula is C21H28N2O6S. The summed E-state index contributed by atoms with van der Waals surface area (Å²) in [5, 5.41) is 2.77. The van der Waals surface area contributed by atoms with Crippen molar-refractivity contribution in [1.29, 1.82) is 0 Å². The van der Waals surface area contributed by atoms with E-state index in [0.29, 0.717) is 28.5 Å². The number of carbonyl (C=O) groups is 1. The lowest BCUT2D eigenvalue weighted by Gasteiger charge is -2.28. The largest absolute Gasteiger partial charge is 0.493 e. The van der Waals surface area contributed by atoms with Crippen molar-refractivity contribution in [2.24, 2.45) is 0 Å². The first-order chi connectivity index (χ1) is 14.1. The van der Waals surface area contributed by atoms with Crippen LogP contribution in [0.2, 0.25) is 0 Å². The maximum Gasteiger partial charge on any atom is 0.243 e. The van der Waals surface area contributed by atoms with Gasteiger partial charge in [-0.1, -0.05) is 17.7 Å². The minimum absolute atomic E-state index is 0.123. The highest BCUT2D eigenvalue weighted by molar-refractivity contribution is 7.92. The standard InChI is InChI=1S/C21H28N2O6S/c1-14-7-10-17(11-8-14)23(30(6,25)26)15(2)21(24)22-13-16-9-12-18(27-3)20(29-5)19(16)28-4/h7-12,15H,13H2,1-6H3,(H,22,24)/t15-/m1/s1. The number of carbonyl (C=O) groups excluding carboxylic acids is 1. The highest BCUT2D eigenvalue weighted by atomic mass is 32.2. The van der Waals surface area contributed by atoms with Gasteiger partial charge in [0.2, 0.25) is 21.7 Å². The number of sulfonamides is 1. The van der Waals surface area contributed by atoms with Gasteiger partial charge in [0, 0.05) is 12.1 Å². The topological polar surface area (TPSA) is 94.2 Å². The number of amides is 1. The zero-order valence-electron chi connectivity index (χ0n) is 18.1. The first-order valence-corrected chi connectivity index (χ1v) is 11.1. The fraction of sp³-hybridized carbons (Fsp3) is 0.381. The average molecular weight is 437 g/mol. The predicted octanol–water partition coefficient (Wildman–Crippen LogP) is 2.49. The SMILES string of the molecule is COc1ccc(CNC(=O)[C@@H](C)N(c2ccc(C)cc2)S(C)(=O)=O)c(OC)c1OC. The van der Waals surface area contributed by atoms with Gasteiger partial charge >= 0.3 is 0 Å². The third-order valence-corrected chi connectivity index (χ3v) is 5.86. The summed E-state index contributed by atoms with van der Waals surface area (Å²) < 4.78 is 41.9. The summed E-state index contributed by atoms with van der Waals surface area (Å²) in [6, 6.07) is 9.46. The van der Waals surface area contributed by atoms with Crippen molar-refractivity contribution in [3.8, 4) is 17.2 Å². The minimum Gasteiger partial charge on any atom is -0.493 e. The Bertz CT molecular complexity index is 989. The quantitative estimate of drug-likeness (QED) is 0.649. The molecule has 0 radical (unpaired) electrons. The molecule has 0 spiro atoms. The molecule has 9 heteroatoms. The third kappa shape index (κ3) is 5.15. The first-order valence-electron chi connectivity index (χ1n) is 9.25. The van der Waals surface area contributed by atoms with Crippen molar-refractivity contribution >= 4 is 21.6 Å². The number of nitrogens with zero attached hydrogens (tertiary/aromatic N) is 1. The van der Waals surface area contributed by atoms with Crippen LogP contribution in [-0.4, -0.2) is 48.0 Å². The van der Waals surface area contributed by atoms with Gasteiger partial charge in [-0.15, -0.1) is 0 Å². The summed E-state index contributed by atoms with van der Waals surface area (Å²) in [6.07, 6.45) is 1.08. The van der Waals surface area contributed by atoms with Crippen molar-refractivity contribution in [3.63, 3.8) is 0 Å². The second-order valence-electron chi connectivity index (χ2n) is 6.78. The molecule has 1 atom stereocenters. The lowest BCUT2D eigenvalue weighted by atomic mass is 10.1. The second kappa shape index (κ2) is 9.71. The predicted molar refractivity (Wildman–Crippen MR) is 116 cm³/mol. The molecule has 2 aromatic carbocycles. The molecule has 0 saturated carbocycles. The van der Waals surface area contributed by atoms with E-state index in [4.69, 9.17) is 14.2 Å². The number of benzene rings is 2. The molecule has 0 unspecified atom stereocenters. The molecule has 0 aromatic heterocycles. The molecule has 2 rings (SSSR count). The summed E-state index contributed by atoms with van der Waals surface area (Å²) in [7, 11) is 0.830. The van der Waals surface area contributed by atoms with Crippen LogP contribution in [-0.2, 0) is 21.4 Å². The zero-order valence-corrected chi connectivity index (χ0v) is 18.9. The van der Waals surface area contributed by atoms with Crippen molar-refractivity contribution in [1.82, 2.24) is 5.32 Å². The van der Waals surface area contributed by atoms with Gasteiger partial charge in [0.05, 0.1) is 33.3 Å². The van der Waals surface area contributed by atoms with E-state index in [9.17, 15) is 13.2 Å². The molecule has 8 nitrogen and oxygen atoms in total. The molecule has 0 heterocycles. The fourth-order valence-electron chi connectivity index (χ4n) is 3.13. The number of ether oxygens (including phenoxy) is 3. The van der Waals surface area contributed by atoms with Crippen molar-refractivity contribution in [2.75, 3.05) is 31.9 Å². The van der Waals surface area contributed by atoms with Gasteiger partial charge in [-0.3, -0.25) is 9.10 Å². The Morgan fingerprint density at radius 1 is 1.00 bits per heavy atom. The smallest absolute Gasteiger partial charge is 0.243 e. The van der Waals surface area contributed by atoms with Crippen LogP contribution in [0.15, 0.2) is 36.4 Å². The minimum atomic E-state index is -3.68. The number of nitrogens with one attached hydrogen (secondary N) is 1. The van der Waals surface area contributed by atoms with E-state index < -0.39 is 22.0 Å². The van der Waals surface area contributed by atoms with E-state index in [1.807, 2.05) is 6.92 Å². The van der Waals surface area contributed by atoms with Crippen LogP contribution in [0, 0.1) is 6.92 Å². The van der Waals surface area contributed by atoms with E-state index in [1.165, 1.54) is 21.3 Å². The molecule has 0 saturated heterocycles. The first kappa shape index (κ1) is 23.3. The van der Waals surface area contributed by atoms with E-state index in [1.54, 1.807) is 43.3 Å². The van der Waals surface area contributed by atoms with Crippen LogP contribution in [0.5, 0.6) is 17.2 Å². The van der Waals surface area contributed by atoms with Gasteiger partial charge in [-0.2, -0.15) is 0 Å². The van der Waals surface area contributed by atoms with E-state index >= 15 is 0 Å². The highest BCUT2D eigenvalue weighted by Crippen LogP contribution is 2.39. The molecule has 30 heavy (non-hydrogen) atoms. The van der Waals surface area contributed by atoms with E-state index in [-0.39, 0.29) is 6.54 Å². The Morgan fingerprint density at radius 3 is 2.10 bits per heavy atom. The number of anilines is 1. The molecule has 0 fully saturated rings. The molecular weight excluding hydrogens is 408 g/mol. The molecule has 1 N–H and O–H groups in total. The summed E-state index contributed by atoms with van der Waals surface area (Å²) >= 11 is 0. The van der Waals surface area contributed by atoms with Crippen LogP contribution in [0.4, 0.5) is 5.69 Å². The summed E-state index contributed by atoms with van der Waals surface area (Å²) in [5.74, 6) is 0.902. The van der Waals surface area contributed by atoms with Crippen molar-refractivity contribution < 1.29 is 27.4 Å². The lowest BCUT2D eigenvalue weighted by Crippen LogP contribution is -2.47. The molecule has 164 valence electrons. The molecule has 0 aliphatic rings. The van der Waals surface area contributed by atoms with Crippen LogP contribution in [0.25, 0.3) is 0 Å². The Morgan fingerprint density at radius 2 is 1.60 bits per heavy atom. The fourth-order valence-corrected chi connectivity index (χ4v) is 4.31. The van der Waals surface area contributed by atoms with Crippen LogP contribution >= 0.6 is 0 Å². The normalized spacial score (nSPS) is 12.1. The number of hydrogen-bond acceptors (Lipinski definition) is 6. The van der Waals surface area contributed by atoms with Gasteiger partial charge in [-0.25, -0.2) is 8.42 Å². The van der Waals surface area contributed by atoms with E-state index in [2.05, 4.69) is 5.32 Å². The molecule has 1 amide bonds. The van der Waals surface area contributed by atoms with E-state index in [0.717, 1.165) is 16.1 Å². The zero-order chi connectivity index (χ0) is 22.5. The Hall–Kier alpha value is -2.94. The van der Waals surface area contributed by atoms with Gasteiger partial charge in [0.1, 0.15) is 6.04 Å². The molecule has 0 aliphatic carbocycles. The number of rotatable bonds is 9. The van der Waals surface area contributed by atoms with Crippen molar-refractivity contribution in [2.45, 2.75) is 26.4 Å². The number of hydrogen-bond donors (Lipinski definition) is 1. The van der Waals surface area contributed by atoms with Crippen LogP contribution in [0.3, 0.4) is 0 Å². The van der Waals surface area contributed by atoms with Crippen LogP contribution < -0.4 is 23.8 Å². The molecule has 0 bridgehead atoms. The second-order valence-corrected chi connectivity index (χ2v) is 8.64. The van der Waals surface area contributed by atoms with Gasteiger partial charge < -0.3 is 19.5 Å². The lowest BCUT2D eigenvalue weighted by molar-refractivity contribution is -0.122. The Kier molecular flexibility index (Phi) is 7.55. The number of aryl methyl sites for hydroxylation is 1. The number of methoxy groups -OCH3 is 3. The van der Waals surface area contributed by atoms with Gasteiger partial charge in [0.15, 0.2) is 11.5 Å².